The molecule has 4 rings (SSSR count). The summed E-state index contributed by atoms with van der Waals surface area (Å²) in [5.74, 6) is -0.689. The third kappa shape index (κ3) is 5.39. The number of aldehydes is 1. The molecule has 7 nitrogen and oxygen atoms in total. The molecule has 0 saturated heterocycles. The second-order valence-corrected chi connectivity index (χ2v) is 10.4. The largest absolute Gasteiger partial charge is 0.478 e. The summed E-state index contributed by atoms with van der Waals surface area (Å²) >= 11 is 0. The van der Waals surface area contributed by atoms with Crippen LogP contribution in [0.25, 0.3) is 10.8 Å². The Kier molecular flexibility index (Phi) is 7.53. The molecule has 2 aliphatic carbocycles. The predicted octanol–water partition coefficient (Wildman–Crippen LogP) is 4.97. The summed E-state index contributed by atoms with van der Waals surface area (Å²) in [6, 6.07) is 5.85. The van der Waals surface area contributed by atoms with E-state index in [9.17, 15) is 24.3 Å². The fraction of sp³-hybridized carbons (Fsp3) is 0.500. The van der Waals surface area contributed by atoms with Crippen molar-refractivity contribution in [2.24, 2.45) is 11.8 Å². The molecule has 35 heavy (non-hydrogen) atoms. The van der Waals surface area contributed by atoms with Gasteiger partial charge in [0.25, 0.3) is 11.8 Å². The van der Waals surface area contributed by atoms with Gasteiger partial charge in [0.2, 0.25) is 0 Å². The maximum absolute atomic E-state index is 13.3. The lowest BCUT2D eigenvalue weighted by Crippen LogP contribution is -2.38. The van der Waals surface area contributed by atoms with Crippen LogP contribution in [-0.4, -0.2) is 41.3 Å². The van der Waals surface area contributed by atoms with Gasteiger partial charge in [-0.3, -0.25) is 14.4 Å². The van der Waals surface area contributed by atoms with Crippen LogP contribution in [0, 0.1) is 11.8 Å². The van der Waals surface area contributed by atoms with Crippen molar-refractivity contribution in [3.05, 3.63) is 46.5 Å². The number of nitrogens with one attached hydrogen (secondary N) is 2. The maximum Gasteiger partial charge on any atom is 0.336 e. The molecule has 0 aliphatic heterocycles. The number of carboxylic acid groups (broad SMARTS) is 1. The molecule has 2 saturated carbocycles. The lowest BCUT2D eigenvalue weighted by molar-refractivity contribution is 0.0698. The van der Waals surface area contributed by atoms with Crippen LogP contribution >= 0.6 is 0 Å². The number of hydrogen-bond donors (Lipinski definition) is 3. The fourth-order valence-electron chi connectivity index (χ4n) is 5.51. The van der Waals surface area contributed by atoms with E-state index in [1.165, 1.54) is 18.2 Å². The standard InChI is InChI=1S/C28H34N2O5/c1-16-3-8-19(9-4-16)29-26(32)21-13-14-22(27(33)30-20-10-5-17(2)6-11-20)25-23(28(34)35)12-7-18(15-31)24(21)25/h7,12-17,19-20H,3-6,8-11H2,1-2H3,(H,29,32)(H,30,33)(H,34,35). The number of rotatable bonds is 6. The number of hydrogen-bond acceptors (Lipinski definition) is 4. The van der Waals surface area contributed by atoms with E-state index < -0.39 is 5.97 Å². The Bertz CT molecular complexity index is 1140. The van der Waals surface area contributed by atoms with Crippen LogP contribution in [0.3, 0.4) is 0 Å². The molecular formula is C28H34N2O5. The van der Waals surface area contributed by atoms with E-state index in [-0.39, 0.29) is 56.9 Å². The van der Waals surface area contributed by atoms with Gasteiger partial charge in [0.15, 0.2) is 6.29 Å². The molecule has 0 spiro atoms. The average molecular weight is 479 g/mol. The van der Waals surface area contributed by atoms with Gasteiger partial charge >= 0.3 is 5.97 Å². The molecule has 2 fully saturated rings. The molecule has 3 N–H and O–H groups in total. The minimum atomic E-state index is -1.22. The first-order valence-corrected chi connectivity index (χ1v) is 12.7. The SMILES string of the molecule is CC1CCC(NC(=O)c2ccc(C(=O)NC3CCC(C)CC3)c3c(C(=O)O)ccc(C=O)c23)CC1. The monoisotopic (exact) mass is 478 g/mol. The van der Waals surface area contributed by atoms with E-state index >= 15 is 0 Å². The van der Waals surface area contributed by atoms with Crippen molar-refractivity contribution >= 4 is 34.8 Å². The Morgan fingerprint density at radius 3 is 1.57 bits per heavy atom. The highest BCUT2D eigenvalue weighted by Crippen LogP contribution is 2.31. The summed E-state index contributed by atoms with van der Waals surface area (Å²) < 4.78 is 0. The quantitative estimate of drug-likeness (QED) is 0.508. The van der Waals surface area contributed by atoms with Crippen molar-refractivity contribution in [1.82, 2.24) is 10.6 Å². The van der Waals surface area contributed by atoms with Gasteiger partial charge in [-0.25, -0.2) is 4.79 Å². The van der Waals surface area contributed by atoms with Gasteiger partial charge in [-0.15, -0.1) is 0 Å². The van der Waals surface area contributed by atoms with Crippen molar-refractivity contribution in [2.75, 3.05) is 0 Å². The zero-order valence-corrected chi connectivity index (χ0v) is 20.4. The molecule has 0 heterocycles. The zero-order chi connectivity index (χ0) is 25.1. The van der Waals surface area contributed by atoms with E-state index in [2.05, 4.69) is 24.5 Å². The topological polar surface area (TPSA) is 113 Å². The first-order valence-electron chi connectivity index (χ1n) is 12.7. The van der Waals surface area contributed by atoms with Gasteiger partial charge in [-0.1, -0.05) is 19.9 Å². The van der Waals surface area contributed by atoms with Crippen molar-refractivity contribution in [1.29, 1.82) is 0 Å². The molecule has 0 bridgehead atoms. The van der Waals surface area contributed by atoms with Crippen molar-refractivity contribution in [2.45, 2.75) is 77.3 Å². The molecule has 2 aromatic rings. The highest BCUT2D eigenvalue weighted by atomic mass is 16.4. The maximum atomic E-state index is 13.3. The number of benzene rings is 2. The number of fused-ring (bicyclic) bond motifs is 1. The normalized spacial score (nSPS) is 24.5. The van der Waals surface area contributed by atoms with Gasteiger partial charge in [-0.05, 0) is 81.4 Å². The zero-order valence-electron chi connectivity index (χ0n) is 20.4. The number of aromatic carboxylic acids is 1. The smallest absolute Gasteiger partial charge is 0.336 e. The minimum Gasteiger partial charge on any atom is -0.478 e. The Labute approximate surface area is 205 Å². The Morgan fingerprint density at radius 1 is 0.714 bits per heavy atom. The molecule has 186 valence electrons. The number of amides is 2. The third-order valence-electron chi connectivity index (χ3n) is 7.74. The number of carbonyl (C=O) groups excluding carboxylic acids is 3. The lowest BCUT2D eigenvalue weighted by atomic mass is 9.86. The van der Waals surface area contributed by atoms with E-state index in [0.29, 0.717) is 18.1 Å². The van der Waals surface area contributed by atoms with Crippen LogP contribution in [0.1, 0.15) is 107 Å². The van der Waals surface area contributed by atoms with Gasteiger partial charge in [0.1, 0.15) is 0 Å². The molecule has 7 heteroatoms. The molecule has 2 amide bonds. The van der Waals surface area contributed by atoms with Crippen LogP contribution in [0.5, 0.6) is 0 Å². The number of carboxylic acids is 1. The van der Waals surface area contributed by atoms with Gasteiger partial charge in [0.05, 0.1) is 5.56 Å². The fourth-order valence-corrected chi connectivity index (χ4v) is 5.51. The average Bonchev–Trinajstić information content (AvgIpc) is 2.85. The second kappa shape index (κ2) is 10.6. The van der Waals surface area contributed by atoms with Crippen LogP contribution in [-0.2, 0) is 0 Å². The van der Waals surface area contributed by atoms with Crippen LogP contribution in [0.15, 0.2) is 24.3 Å². The first kappa shape index (κ1) is 24.9. The predicted molar refractivity (Wildman–Crippen MR) is 134 cm³/mol. The first-order chi connectivity index (χ1) is 16.8. The molecule has 0 radical (unpaired) electrons. The highest BCUT2D eigenvalue weighted by Gasteiger charge is 2.27. The summed E-state index contributed by atoms with van der Waals surface area (Å²) in [4.78, 5) is 50.7. The molecule has 2 aromatic carbocycles. The van der Waals surface area contributed by atoms with E-state index in [0.717, 1.165) is 51.4 Å². The number of carbonyl (C=O) groups is 4. The molecule has 0 unspecified atom stereocenters. The lowest BCUT2D eigenvalue weighted by Gasteiger charge is -2.28. The van der Waals surface area contributed by atoms with Gasteiger partial charge < -0.3 is 15.7 Å². The second-order valence-electron chi connectivity index (χ2n) is 10.4. The molecule has 2 aliphatic rings. The molecular weight excluding hydrogens is 444 g/mol. The summed E-state index contributed by atoms with van der Waals surface area (Å²) in [6.45, 7) is 4.40. The van der Waals surface area contributed by atoms with Crippen LogP contribution in [0.2, 0.25) is 0 Å². The van der Waals surface area contributed by atoms with E-state index in [1.807, 2.05) is 0 Å². The summed E-state index contributed by atoms with van der Waals surface area (Å²) in [5.41, 5.74) is 0.470. The van der Waals surface area contributed by atoms with Gasteiger partial charge in [0, 0.05) is 39.5 Å². The van der Waals surface area contributed by atoms with Crippen molar-refractivity contribution in [3.8, 4) is 0 Å². The summed E-state index contributed by atoms with van der Waals surface area (Å²) in [6.07, 6.45) is 8.24. The Balaban J connectivity index is 1.74. The minimum absolute atomic E-state index is 0.0212. The van der Waals surface area contributed by atoms with Crippen molar-refractivity contribution in [3.63, 3.8) is 0 Å². The summed E-state index contributed by atoms with van der Waals surface area (Å²) in [7, 11) is 0. The van der Waals surface area contributed by atoms with E-state index in [4.69, 9.17) is 0 Å². The highest BCUT2D eigenvalue weighted by molar-refractivity contribution is 6.22. The third-order valence-corrected chi connectivity index (χ3v) is 7.74. The van der Waals surface area contributed by atoms with Crippen LogP contribution < -0.4 is 10.6 Å². The van der Waals surface area contributed by atoms with Crippen molar-refractivity contribution < 1.29 is 24.3 Å². The molecule has 0 aromatic heterocycles. The molecule has 0 atom stereocenters. The Morgan fingerprint density at radius 2 is 1.14 bits per heavy atom. The van der Waals surface area contributed by atoms with Gasteiger partial charge in [-0.2, -0.15) is 0 Å². The Hall–Kier alpha value is -3.22. The van der Waals surface area contributed by atoms with E-state index in [1.54, 1.807) is 6.07 Å². The van der Waals surface area contributed by atoms with Crippen LogP contribution in [0.4, 0.5) is 0 Å². The summed E-state index contributed by atoms with van der Waals surface area (Å²) in [5, 5.41) is 16.4.